The van der Waals surface area contributed by atoms with Crippen LogP contribution in [0.3, 0.4) is 0 Å². The Morgan fingerprint density at radius 2 is 2.20 bits per heavy atom. The fraction of sp³-hybridized carbons (Fsp3) is 0.364. The molecule has 1 aliphatic carbocycles. The van der Waals surface area contributed by atoms with Gasteiger partial charge < -0.3 is 15.9 Å². The number of carboxylic acids is 1. The van der Waals surface area contributed by atoms with E-state index in [2.05, 4.69) is 0 Å². The Hall–Kier alpha value is -1.55. The maximum Gasteiger partial charge on any atom is 0.311 e. The molecule has 1 aliphatic rings. The maximum absolute atomic E-state index is 11.0. The predicted molar refractivity (Wildman–Crippen MR) is 54.6 cm³/mol. The van der Waals surface area contributed by atoms with Crippen molar-refractivity contribution < 1.29 is 15.0 Å². The zero-order valence-corrected chi connectivity index (χ0v) is 8.18. The number of para-hydroxylation sites is 1. The number of carbonyl (C=O) groups is 1. The minimum Gasteiger partial charge on any atom is -0.508 e. The quantitative estimate of drug-likeness (QED) is 0.687. The van der Waals surface area contributed by atoms with E-state index in [9.17, 15) is 9.90 Å². The molecule has 0 amide bonds. The van der Waals surface area contributed by atoms with Gasteiger partial charge in [-0.2, -0.15) is 0 Å². The van der Waals surface area contributed by atoms with Gasteiger partial charge in [0.15, 0.2) is 0 Å². The first-order chi connectivity index (χ1) is 7.12. The van der Waals surface area contributed by atoms with Gasteiger partial charge in [0.25, 0.3) is 0 Å². The zero-order chi connectivity index (χ0) is 11.1. The van der Waals surface area contributed by atoms with Crippen molar-refractivity contribution in [2.75, 3.05) is 6.54 Å². The highest BCUT2D eigenvalue weighted by atomic mass is 16.4. The molecular weight excluding hydrogens is 194 g/mol. The molecule has 4 heteroatoms. The lowest BCUT2D eigenvalue weighted by molar-refractivity contribution is -0.143. The second-order valence-corrected chi connectivity index (χ2v) is 3.98. The molecule has 0 heterocycles. The van der Waals surface area contributed by atoms with E-state index in [0.29, 0.717) is 12.0 Å². The van der Waals surface area contributed by atoms with Crippen LogP contribution in [-0.2, 0) is 4.79 Å². The fourth-order valence-corrected chi connectivity index (χ4v) is 2.04. The first-order valence-electron chi connectivity index (χ1n) is 4.83. The van der Waals surface area contributed by atoms with Crippen LogP contribution >= 0.6 is 0 Å². The van der Waals surface area contributed by atoms with Gasteiger partial charge in [0.1, 0.15) is 5.75 Å². The number of hydrogen-bond donors (Lipinski definition) is 3. The van der Waals surface area contributed by atoms with Gasteiger partial charge in [-0.15, -0.1) is 0 Å². The van der Waals surface area contributed by atoms with Crippen LogP contribution in [0.2, 0.25) is 0 Å². The Morgan fingerprint density at radius 1 is 1.53 bits per heavy atom. The van der Waals surface area contributed by atoms with E-state index in [1.165, 1.54) is 0 Å². The third-order valence-corrected chi connectivity index (χ3v) is 3.18. The Kier molecular flexibility index (Phi) is 2.16. The highest BCUT2D eigenvalue weighted by Gasteiger charge is 2.60. The number of phenolic OH excluding ortho intramolecular Hbond substituents is 1. The molecule has 1 saturated carbocycles. The van der Waals surface area contributed by atoms with E-state index in [1.807, 2.05) is 0 Å². The van der Waals surface area contributed by atoms with E-state index >= 15 is 0 Å². The third-order valence-electron chi connectivity index (χ3n) is 3.18. The molecule has 0 spiro atoms. The second kappa shape index (κ2) is 3.24. The molecule has 1 fully saturated rings. The number of aliphatic carboxylic acids is 1. The zero-order valence-electron chi connectivity index (χ0n) is 8.18. The van der Waals surface area contributed by atoms with Crippen LogP contribution in [-0.4, -0.2) is 22.7 Å². The SMILES string of the molecule is NCC1(C(=O)O)CC1c1ccccc1O. The summed E-state index contributed by atoms with van der Waals surface area (Å²) in [4.78, 5) is 11.0. The van der Waals surface area contributed by atoms with Crippen molar-refractivity contribution in [2.45, 2.75) is 12.3 Å². The van der Waals surface area contributed by atoms with Crippen LogP contribution in [0.5, 0.6) is 5.75 Å². The molecule has 2 atom stereocenters. The summed E-state index contributed by atoms with van der Waals surface area (Å²) in [6, 6.07) is 6.82. The number of nitrogens with two attached hydrogens (primary N) is 1. The normalized spacial score (nSPS) is 28.7. The Morgan fingerprint density at radius 3 is 2.67 bits per heavy atom. The summed E-state index contributed by atoms with van der Waals surface area (Å²) in [7, 11) is 0. The molecule has 0 bridgehead atoms. The predicted octanol–water partition coefficient (Wildman–Crippen LogP) is 0.909. The van der Waals surface area contributed by atoms with E-state index in [-0.39, 0.29) is 18.2 Å². The summed E-state index contributed by atoms with van der Waals surface area (Å²) in [6.45, 7) is 0.112. The smallest absolute Gasteiger partial charge is 0.311 e. The largest absolute Gasteiger partial charge is 0.508 e. The van der Waals surface area contributed by atoms with Crippen LogP contribution in [0, 0.1) is 5.41 Å². The van der Waals surface area contributed by atoms with Crippen LogP contribution in [0.15, 0.2) is 24.3 Å². The first kappa shape index (κ1) is 9.98. The van der Waals surface area contributed by atoms with Gasteiger partial charge >= 0.3 is 5.97 Å². The van der Waals surface area contributed by atoms with Crippen molar-refractivity contribution in [3.63, 3.8) is 0 Å². The molecule has 0 aliphatic heterocycles. The first-order valence-corrected chi connectivity index (χ1v) is 4.83. The van der Waals surface area contributed by atoms with Gasteiger partial charge in [0.05, 0.1) is 5.41 Å². The average Bonchev–Trinajstić information content (AvgIpc) is 2.94. The van der Waals surface area contributed by atoms with Crippen molar-refractivity contribution in [2.24, 2.45) is 11.1 Å². The van der Waals surface area contributed by atoms with Crippen molar-refractivity contribution >= 4 is 5.97 Å². The van der Waals surface area contributed by atoms with E-state index in [0.717, 1.165) is 0 Å². The monoisotopic (exact) mass is 207 g/mol. The van der Waals surface area contributed by atoms with Gasteiger partial charge in [-0.3, -0.25) is 4.79 Å². The van der Waals surface area contributed by atoms with Gasteiger partial charge in [-0.1, -0.05) is 18.2 Å². The molecule has 2 rings (SSSR count). The van der Waals surface area contributed by atoms with Gasteiger partial charge in [0, 0.05) is 12.5 Å². The second-order valence-electron chi connectivity index (χ2n) is 3.98. The summed E-state index contributed by atoms with van der Waals surface area (Å²) in [5, 5.41) is 18.7. The molecule has 0 aromatic heterocycles. The Balaban J connectivity index is 2.30. The summed E-state index contributed by atoms with van der Waals surface area (Å²) in [5.41, 5.74) is 5.31. The number of benzene rings is 1. The van der Waals surface area contributed by atoms with E-state index in [4.69, 9.17) is 10.8 Å². The summed E-state index contributed by atoms with van der Waals surface area (Å²) in [5.74, 6) is -0.876. The summed E-state index contributed by atoms with van der Waals surface area (Å²) in [6.07, 6.45) is 0.510. The van der Waals surface area contributed by atoms with Crippen LogP contribution in [0.1, 0.15) is 17.9 Å². The van der Waals surface area contributed by atoms with Crippen molar-refractivity contribution in [1.82, 2.24) is 0 Å². The highest BCUT2D eigenvalue weighted by molar-refractivity contribution is 5.81. The molecule has 1 aromatic rings. The number of aromatic hydroxyl groups is 1. The van der Waals surface area contributed by atoms with Gasteiger partial charge in [-0.25, -0.2) is 0 Å². The lowest BCUT2D eigenvalue weighted by Crippen LogP contribution is -2.26. The highest BCUT2D eigenvalue weighted by Crippen LogP contribution is 2.60. The molecule has 0 radical (unpaired) electrons. The minimum absolute atomic E-state index is 0.112. The molecule has 15 heavy (non-hydrogen) atoms. The third kappa shape index (κ3) is 1.37. The molecule has 2 unspecified atom stereocenters. The van der Waals surface area contributed by atoms with Crippen molar-refractivity contribution in [1.29, 1.82) is 0 Å². The van der Waals surface area contributed by atoms with Crippen molar-refractivity contribution in [3.05, 3.63) is 29.8 Å². The fourth-order valence-electron chi connectivity index (χ4n) is 2.04. The lowest BCUT2D eigenvalue weighted by Gasteiger charge is -2.09. The van der Waals surface area contributed by atoms with Crippen LogP contribution in [0.4, 0.5) is 0 Å². The van der Waals surface area contributed by atoms with Crippen LogP contribution in [0.25, 0.3) is 0 Å². The molecule has 4 N–H and O–H groups in total. The number of rotatable bonds is 3. The number of carboxylic acid groups (broad SMARTS) is 1. The molecule has 80 valence electrons. The average molecular weight is 207 g/mol. The summed E-state index contributed by atoms with van der Waals surface area (Å²) >= 11 is 0. The molecular formula is C11H13NO3. The van der Waals surface area contributed by atoms with E-state index in [1.54, 1.807) is 24.3 Å². The number of phenols is 1. The summed E-state index contributed by atoms with van der Waals surface area (Å²) < 4.78 is 0. The lowest BCUT2D eigenvalue weighted by atomic mass is 9.99. The Bertz CT molecular complexity index is 405. The molecule has 4 nitrogen and oxygen atoms in total. The van der Waals surface area contributed by atoms with E-state index < -0.39 is 11.4 Å². The van der Waals surface area contributed by atoms with Crippen molar-refractivity contribution in [3.8, 4) is 5.75 Å². The topological polar surface area (TPSA) is 83.6 Å². The maximum atomic E-state index is 11.0. The van der Waals surface area contributed by atoms with Crippen LogP contribution < -0.4 is 5.73 Å². The van der Waals surface area contributed by atoms with Gasteiger partial charge in [-0.05, 0) is 18.1 Å². The Labute approximate surface area is 87.3 Å². The number of hydrogen-bond acceptors (Lipinski definition) is 3. The molecule has 1 aromatic carbocycles. The molecule has 0 saturated heterocycles. The standard InChI is InChI=1S/C11H13NO3/c12-6-11(10(14)15)5-8(11)7-3-1-2-4-9(7)13/h1-4,8,13H,5-6,12H2,(H,14,15). The minimum atomic E-state index is -0.877. The van der Waals surface area contributed by atoms with Gasteiger partial charge in [0.2, 0.25) is 0 Å².